The van der Waals surface area contributed by atoms with E-state index >= 15 is 0 Å². The number of benzene rings is 1. The molecule has 0 saturated heterocycles. The lowest BCUT2D eigenvalue weighted by Gasteiger charge is -2.03. The number of aromatic nitrogens is 2. The molecule has 0 atom stereocenters. The van der Waals surface area contributed by atoms with E-state index < -0.39 is 4.92 Å². The molecule has 0 fully saturated rings. The molecule has 2 rings (SSSR count). The lowest BCUT2D eigenvalue weighted by Crippen LogP contribution is -1.95. The van der Waals surface area contributed by atoms with Crippen LogP contribution in [0.25, 0.3) is 0 Å². The van der Waals surface area contributed by atoms with Crippen LogP contribution in [0.4, 0.5) is 11.4 Å². The monoisotopic (exact) mass is 250 g/mol. The van der Waals surface area contributed by atoms with Gasteiger partial charge in [-0.3, -0.25) is 10.1 Å². The van der Waals surface area contributed by atoms with Crippen molar-refractivity contribution in [3.05, 3.63) is 46.3 Å². The number of nitrogen functional groups attached to an aromatic ring is 1. The van der Waals surface area contributed by atoms with Crippen molar-refractivity contribution >= 4 is 23.1 Å². The third-order valence-electron chi connectivity index (χ3n) is 2.17. The van der Waals surface area contributed by atoms with Gasteiger partial charge in [0.15, 0.2) is 5.16 Å². The fourth-order valence-electron chi connectivity index (χ4n) is 1.31. The van der Waals surface area contributed by atoms with Crippen LogP contribution in [0.3, 0.4) is 0 Å². The van der Waals surface area contributed by atoms with Gasteiger partial charge in [0.1, 0.15) is 0 Å². The molecule has 0 spiro atoms. The maximum Gasteiger partial charge on any atom is 0.269 e. The number of hydrogen-bond donors (Lipinski definition) is 2. The molecule has 88 valence electrons. The number of thioether (sulfide) groups is 1. The second-order valence-electron chi connectivity index (χ2n) is 3.32. The third kappa shape index (κ3) is 2.76. The van der Waals surface area contributed by atoms with Gasteiger partial charge in [-0.2, -0.15) is 0 Å². The van der Waals surface area contributed by atoms with Gasteiger partial charge in [-0.1, -0.05) is 11.8 Å². The Hall–Kier alpha value is -2.02. The SMILES string of the molecule is Nc1ccc([N+](=O)[O-])cc1CSc1ncc[nH]1. The Balaban J connectivity index is 2.14. The summed E-state index contributed by atoms with van der Waals surface area (Å²) in [5.74, 6) is 0.543. The van der Waals surface area contributed by atoms with Crippen molar-refractivity contribution < 1.29 is 4.92 Å². The highest BCUT2D eigenvalue weighted by molar-refractivity contribution is 7.98. The van der Waals surface area contributed by atoms with Gasteiger partial charge in [-0.25, -0.2) is 4.98 Å². The summed E-state index contributed by atoms with van der Waals surface area (Å²) < 4.78 is 0. The van der Waals surface area contributed by atoms with Gasteiger partial charge >= 0.3 is 0 Å². The predicted molar refractivity (Wildman–Crippen MR) is 65.7 cm³/mol. The molecule has 0 amide bonds. The summed E-state index contributed by atoms with van der Waals surface area (Å²) in [4.78, 5) is 17.2. The first-order valence-corrected chi connectivity index (χ1v) is 5.80. The van der Waals surface area contributed by atoms with Crippen molar-refractivity contribution in [2.24, 2.45) is 0 Å². The standard InChI is InChI=1S/C10H10N4O2S/c11-9-2-1-8(14(15)16)5-7(9)6-17-10-12-3-4-13-10/h1-5H,6,11H2,(H,12,13). The summed E-state index contributed by atoms with van der Waals surface area (Å²) in [7, 11) is 0. The quantitative estimate of drug-likeness (QED) is 0.375. The summed E-state index contributed by atoms with van der Waals surface area (Å²) in [5.41, 5.74) is 7.10. The van der Waals surface area contributed by atoms with Crippen molar-refractivity contribution in [3.8, 4) is 0 Å². The van der Waals surface area contributed by atoms with Crippen LogP contribution in [-0.4, -0.2) is 14.9 Å². The number of non-ortho nitro benzene ring substituents is 1. The van der Waals surface area contributed by atoms with Crippen molar-refractivity contribution in [3.63, 3.8) is 0 Å². The van der Waals surface area contributed by atoms with Gasteiger partial charge in [0.25, 0.3) is 5.69 Å². The van der Waals surface area contributed by atoms with E-state index in [0.29, 0.717) is 11.4 Å². The third-order valence-corrected chi connectivity index (χ3v) is 3.13. The van der Waals surface area contributed by atoms with E-state index in [9.17, 15) is 10.1 Å². The van der Waals surface area contributed by atoms with E-state index in [1.165, 1.54) is 23.9 Å². The normalized spacial score (nSPS) is 10.4. The summed E-state index contributed by atoms with van der Waals surface area (Å²) in [6.07, 6.45) is 3.37. The fourth-order valence-corrected chi connectivity index (χ4v) is 2.14. The van der Waals surface area contributed by atoms with Gasteiger partial charge in [-0.05, 0) is 11.6 Å². The number of rotatable bonds is 4. The minimum Gasteiger partial charge on any atom is -0.398 e. The first-order chi connectivity index (χ1) is 8.16. The molecule has 0 aliphatic carbocycles. The van der Waals surface area contributed by atoms with Crippen LogP contribution in [0.5, 0.6) is 0 Å². The molecular weight excluding hydrogens is 240 g/mol. The Bertz CT molecular complexity index is 527. The molecule has 1 heterocycles. The zero-order valence-electron chi connectivity index (χ0n) is 8.79. The van der Waals surface area contributed by atoms with E-state index in [0.717, 1.165) is 10.7 Å². The number of nitrogens with two attached hydrogens (primary N) is 1. The van der Waals surface area contributed by atoms with Crippen LogP contribution in [0.2, 0.25) is 0 Å². The summed E-state index contributed by atoms with van der Waals surface area (Å²) >= 11 is 1.45. The number of imidazole rings is 1. The fraction of sp³-hybridized carbons (Fsp3) is 0.100. The molecule has 0 radical (unpaired) electrons. The first kappa shape index (κ1) is 11.5. The van der Waals surface area contributed by atoms with Gasteiger partial charge in [0.2, 0.25) is 0 Å². The van der Waals surface area contributed by atoms with Crippen LogP contribution in [0.15, 0.2) is 35.7 Å². The summed E-state index contributed by atoms with van der Waals surface area (Å²) in [5, 5.41) is 11.4. The van der Waals surface area contributed by atoms with E-state index in [4.69, 9.17) is 5.73 Å². The van der Waals surface area contributed by atoms with Crippen molar-refractivity contribution in [2.75, 3.05) is 5.73 Å². The van der Waals surface area contributed by atoms with Gasteiger partial charge in [-0.15, -0.1) is 0 Å². The molecule has 2 aromatic rings. The predicted octanol–water partition coefficient (Wildman–Crippen LogP) is 2.19. The van der Waals surface area contributed by atoms with Gasteiger partial charge < -0.3 is 10.7 Å². The molecular formula is C10H10N4O2S. The zero-order chi connectivity index (χ0) is 12.3. The number of nitro groups is 1. The lowest BCUT2D eigenvalue weighted by molar-refractivity contribution is -0.384. The molecule has 0 unspecified atom stereocenters. The number of nitrogens with zero attached hydrogens (tertiary/aromatic N) is 2. The Morgan fingerprint density at radius 1 is 1.53 bits per heavy atom. The summed E-state index contributed by atoms with van der Waals surface area (Å²) in [6, 6.07) is 4.44. The van der Waals surface area contributed by atoms with E-state index in [1.54, 1.807) is 18.5 Å². The van der Waals surface area contributed by atoms with Crippen molar-refractivity contribution in [2.45, 2.75) is 10.9 Å². The maximum absolute atomic E-state index is 10.6. The highest BCUT2D eigenvalue weighted by Crippen LogP contribution is 2.26. The maximum atomic E-state index is 10.6. The Labute approximate surface area is 101 Å². The van der Waals surface area contributed by atoms with E-state index in [-0.39, 0.29) is 5.69 Å². The molecule has 7 heteroatoms. The van der Waals surface area contributed by atoms with Gasteiger partial charge in [0, 0.05) is 36.0 Å². The molecule has 3 N–H and O–H groups in total. The number of H-pyrrole nitrogens is 1. The number of hydrogen-bond acceptors (Lipinski definition) is 5. The average Bonchev–Trinajstić information content (AvgIpc) is 2.80. The molecule has 0 aliphatic rings. The second kappa shape index (κ2) is 4.88. The highest BCUT2D eigenvalue weighted by atomic mass is 32.2. The number of aromatic amines is 1. The minimum atomic E-state index is -0.430. The van der Waals surface area contributed by atoms with Crippen LogP contribution >= 0.6 is 11.8 Å². The number of nitro benzene ring substituents is 1. The van der Waals surface area contributed by atoms with Crippen LogP contribution < -0.4 is 5.73 Å². The smallest absolute Gasteiger partial charge is 0.269 e. The Morgan fingerprint density at radius 3 is 3.00 bits per heavy atom. The number of anilines is 1. The Kier molecular flexibility index (Phi) is 3.29. The van der Waals surface area contributed by atoms with Crippen molar-refractivity contribution in [1.29, 1.82) is 0 Å². The number of nitrogens with one attached hydrogen (secondary N) is 1. The van der Waals surface area contributed by atoms with Crippen LogP contribution in [0.1, 0.15) is 5.56 Å². The van der Waals surface area contributed by atoms with Crippen LogP contribution in [-0.2, 0) is 5.75 Å². The van der Waals surface area contributed by atoms with E-state index in [1.807, 2.05) is 0 Å². The molecule has 6 nitrogen and oxygen atoms in total. The average molecular weight is 250 g/mol. The second-order valence-corrected chi connectivity index (χ2v) is 4.29. The van der Waals surface area contributed by atoms with Crippen LogP contribution in [0, 0.1) is 10.1 Å². The topological polar surface area (TPSA) is 97.8 Å². The molecule has 0 saturated carbocycles. The summed E-state index contributed by atoms with van der Waals surface area (Å²) in [6.45, 7) is 0. The first-order valence-electron chi connectivity index (χ1n) is 4.82. The molecule has 1 aromatic carbocycles. The molecule has 0 bridgehead atoms. The molecule has 1 aromatic heterocycles. The molecule has 17 heavy (non-hydrogen) atoms. The lowest BCUT2D eigenvalue weighted by atomic mass is 10.2. The van der Waals surface area contributed by atoms with Crippen molar-refractivity contribution in [1.82, 2.24) is 9.97 Å². The van der Waals surface area contributed by atoms with Gasteiger partial charge in [0.05, 0.1) is 4.92 Å². The minimum absolute atomic E-state index is 0.0502. The largest absolute Gasteiger partial charge is 0.398 e. The Morgan fingerprint density at radius 2 is 2.35 bits per heavy atom. The van der Waals surface area contributed by atoms with E-state index in [2.05, 4.69) is 9.97 Å². The highest BCUT2D eigenvalue weighted by Gasteiger charge is 2.09. The zero-order valence-corrected chi connectivity index (χ0v) is 9.61. The molecule has 0 aliphatic heterocycles.